The number of nitrogens with two attached hydrogens (primary N) is 1. The van der Waals surface area contributed by atoms with E-state index in [0.717, 1.165) is 5.75 Å². The summed E-state index contributed by atoms with van der Waals surface area (Å²) in [5, 5.41) is 11.2. The van der Waals surface area contributed by atoms with E-state index in [1.807, 2.05) is 6.92 Å². The standard InChI is InChI=1S/C8H16N2O3S2/c1-3-14-15-4-6(8(12)13)10-7(11)5(2)9/h5-6H,3-4,9H2,1-2H3,(H,10,11)(H,12,13). The van der Waals surface area contributed by atoms with Crippen molar-refractivity contribution in [2.24, 2.45) is 5.73 Å². The molecule has 0 radical (unpaired) electrons. The number of carbonyl (C=O) groups is 2. The zero-order valence-electron chi connectivity index (χ0n) is 8.73. The molecule has 2 atom stereocenters. The van der Waals surface area contributed by atoms with Crippen LogP contribution < -0.4 is 11.1 Å². The highest BCUT2D eigenvalue weighted by Gasteiger charge is 2.21. The first-order valence-electron chi connectivity index (χ1n) is 4.52. The lowest BCUT2D eigenvalue weighted by Crippen LogP contribution is -2.48. The Morgan fingerprint density at radius 3 is 2.47 bits per heavy atom. The Bertz CT molecular complexity index is 224. The lowest BCUT2D eigenvalue weighted by Gasteiger charge is -2.15. The zero-order valence-corrected chi connectivity index (χ0v) is 10.4. The average Bonchev–Trinajstić information content (AvgIpc) is 2.15. The van der Waals surface area contributed by atoms with Gasteiger partial charge in [0.15, 0.2) is 0 Å². The van der Waals surface area contributed by atoms with E-state index in [2.05, 4.69) is 5.32 Å². The Morgan fingerprint density at radius 1 is 1.47 bits per heavy atom. The minimum absolute atomic E-state index is 0.340. The summed E-state index contributed by atoms with van der Waals surface area (Å²) >= 11 is 0. The molecule has 0 aromatic heterocycles. The van der Waals surface area contributed by atoms with Gasteiger partial charge >= 0.3 is 5.97 Å². The van der Waals surface area contributed by atoms with Crippen LogP contribution in [0.3, 0.4) is 0 Å². The third-order valence-corrected chi connectivity index (χ3v) is 3.95. The molecule has 2 unspecified atom stereocenters. The van der Waals surface area contributed by atoms with Crippen LogP contribution in [0.5, 0.6) is 0 Å². The molecule has 0 aliphatic carbocycles. The van der Waals surface area contributed by atoms with Gasteiger partial charge in [-0.3, -0.25) is 4.79 Å². The third-order valence-electron chi connectivity index (χ3n) is 1.46. The number of hydrogen-bond acceptors (Lipinski definition) is 5. The molecular formula is C8H16N2O3S2. The Labute approximate surface area is 96.9 Å². The fraction of sp³-hybridized carbons (Fsp3) is 0.750. The summed E-state index contributed by atoms with van der Waals surface area (Å²) in [6, 6.07) is -1.55. The van der Waals surface area contributed by atoms with Crippen molar-refractivity contribution in [2.75, 3.05) is 11.5 Å². The summed E-state index contributed by atoms with van der Waals surface area (Å²) in [6.45, 7) is 3.50. The number of aliphatic carboxylic acids is 1. The number of carboxylic acids is 1. The van der Waals surface area contributed by atoms with E-state index in [0.29, 0.717) is 5.75 Å². The third kappa shape index (κ3) is 6.64. The van der Waals surface area contributed by atoms with Crippen molar-refractivity contribution in [3.05, 3.63) is 0 Å². The Morgan fingerprint density at radius 2 is 2.07 bits per heavy atom. The van der Waals surface area contributed by atoms with Crippen molar-refractivity contribution >= 4 is 33.5 Å². The quantitative estimate of drug-likeness (QED) is 0.446. The van der Waals surface area contributed by atoms with E-state index >= 15 is 0 Å². The van der Waals surface area contributed by atoms with Crippen molar-refractivity contribution in [2.45, 2.75) is 25.9 Å². The maximum absolute atomic E-state index is 11.2. The Balaban J connectivity index is 4.05. The molecule has 0 aromatic rings. The van der Waals surface area contributed by atoms with Gasteiger partial charge in [-0.25, -0.2) is 4.79 Å². The predicted octanol–water partition coefficient (Wildman–Crippen LogP) is 0.304. The van der Waals surface area contributed by atoms with E-state index in [1.165, 1.54) is 17.7 Å². The fourth-order valence-corrected chi connectivity index (χ4v) is 2.50. The highest BCUT2D eigenvalue weighted by molar-refractivity contribution is 8.76. The number of nitrogens with one attached hydrogen (secondary N) is 1. The van der Waals surface area contributed by atoms with Crippen LogP contribution in [0.1, 0.15) is 13.8 Å². The molecule has 88 valence electrons. The molecule has 0 fully saturated rings. The second kappa shape index (κ2) is 7.84. The lowest BCUT2D eigenvalue weighted by molar-refractivity contribution is -0.141. The molecule has 0 rings (SSSR count). The number of rotatable bonds is 7. The van der Waals surface area contributed by atoms with E-state index in [4.69, 9.17) is 10.8 Å². The Kier molecular flexibility index (Phi) is 7.63. The summed E-state index contributed by atoms with van der Waals surface area (Å²) in [6.07, 6.45) is 0. The maximum atomic E-state index is 11.2. The van der Waals surface area contributed by atoms with Gasteiger partial charge in [0.1, 0.15) is 6.04 Å². The molecule has 0 saturated heterocycles. The molecule has 7 heteroatoms. The molecule has 15 heavy (non-hydrogen) atoms. The monoisotopic (exact) mass is 252 g/mol. The maximum Gasteiger partial charge on any atom is 0.327 e. The highest BCUT2D eigenvalue weighted by Crippen LogP contribution is 2.21. The molecule has 0 aliphatic rings. The van der Waals surface area contributed by atoms with Gasteiger partial charge in [-0.05, 0) is 6.92 Å². The lowest BCUT2D eigenvalue weighted by atomic mass is 10.3. The van der Waals surface area contributed by atoms with Crippen molar-refractivity contribution < 1.29 is 14.7 Å². The van der Waals surface area contributed by atoms with Crippen molar-refractivity contribution in [3.63, 3.8) is 0 Å². The van der Waals surface area contributed by atoms with Gasteiger partial charge in [-0.2, -0.15) is 0 Å². The molecule has 0 aromatic carbocycles. The van der Waals surface area contributed by atoms with E-state index in [9.17, 15) is 9.59 Å². The SMILES string of the molecule is CCSSCC(NC(=O)C(C)N)C(=O)O. The van der Waals surface area contributed by atoms with Gasteiger partial charge in [0.2, 0.25) is 5.91 Å². The van der Waals surface area contributed by atoms with Gasteiger partial charge in [0.25, 0.3) is 0 Å². The smallest absolute Gasteiger partial charge is 0.327 e. The van der Waals surface area contributed by atoms with E-state index in [1.54, 1.807) is 10.8 Å². The van der Waals surface area contributed by atoms with Crippen molar-refractivity contribution in [3.8, 4) is 0 Å². The number of hydrogen-bond donors (Lipinski definition) is 3. The molecule has 1 amide bonds. The molecule has 0 bridgehead atoms. The summed E-state index contributed by atoms with van der Waals surface area (Å²) in [4.78, 5) is 21.9. The fourth-order valence-electron chi connectivity index (χ4n) is 0.677. The van der Waals surface area contributed by atoms with Crippen LogP contribution >= 0.6 is 21.6 Å². The number of amides is 1. The second-order valence-corrected chi connectivity index (χ2v) is 5.68. The molecule has 0 heterocycles. The van der Waals surface area contributed by atoms with Crippen LogP contribution in [0, 0.1) is 0 Å². The van der Waals surface area contributed by atoms with Crippen LogP contribution in [-0.2, 0) is 9.59 Å². The molecule has 5 nitrogen and oxygen atoms in total. The zero-order chi connectivity index (χ0) is 11.8. The van der Waals surface area contributed by atoms with Crippen LogP contribution in [0.25, 0.3) is 0 Å². The molecule has 0 spiro atoms. The van der Waals surface area contributed by atoms with Gasteiger partial charge in [-0.1, -0.05) is 28.5 Å². The van der Waals surface area contributed by atoms with Crippen molar-refractivity contribution in [1.29, 1.82) is 0 Å². The first-order valence-corrected chi connectivity index (χ1v) is 7.01. The van der Waals surface area contributed by atoms with E-state index in [-0.39, 0.29) is 0 Å². The summed E-state index contributed by atoms with van der Waals surface area (Å²) in [7, 11) is 2.98. The summed E-state index contributed by atoms with van der Waals surface area (Å²) in [5.74, 6) is -0.234. The van der Waals surface area contributed by atoms with Gasteiger partial charge in [0.05, 0.1) is 6.04 Å². The minimum atomic E-state index is -1.03. The van der Waals surface area contributed by atoms with Crippen molar-refractivity contribution in [1.82, 2.24) is 5.32 Å². The predicted molar refractivity (Wildman–Crippen MR) is 63.8 cm³/mol. The first kappa shape index (κ1) is 14.6. The largest absolute Gasteiger partial charge is 0.480 e. The van der Waals surface area contributed by atoms with Crippen LogP contribution in [-0.4, -0.2) is 40.6 Å². The van der Waals surface area contributed by atoms with Gasteiger partial charge < -0.3 is 16.2 Å². The van der Waals surface area contributed by atoms with Gasteiger partial charge in [0, 0.05) is 11.5 Å². The number of carbonyl (C=O) groups excluding carboxylic acids is 1. The molecule has 4 N–H and O–H groups in total. The Hall–Kier alpha value is -0.400. The highest BCUT2D eigenvalue weighted by atomic mass is 33.1. The van der Waals surface area contributed by atoms with E-state index < -0.39 is 24.0 Å². The summed E-state index contributed by atoms with van der Waals surface area (Å²) < 4.78 is 0. The van der Waals surface area contributed by atoms with Crippen LogP contribution in [0.4, 0.5) is 0 Å². The number of carboxylic acid groups (broad SMARTS) is 1. The average molecular weight is 252 g/mol. The van der Waals surface area contributed by atoms with Crippen LogP contribution in [0.15, 0.2) is 0 Å². The topological polar surface area (TPSA) is 92.4 Å². The first-order chi connectivity index (χ1) is 6.99. The van der Waals surface area contributed by atoms with Crippen LogP contribution in [0.2, 0.25) is 0 Å². The summed E-state index contributed by atoms with van der Waals surface area (Å²) in [5.41, 5.74) is 5.32. The molecule has 0 saturated carbocycles. The van der Waals surface area contributed by atoms with Gasteiger partial charge in [-0.15, -0.1) is 0 Å². The molecule has 0 aliphatic heterocycles. The second-order valence-electron chi connectivity index (χ2n) is 2.88. The minimum Gasteiger partial charge on any atom is -0.480 e. The molecular weight excluding hydrogens is 236 g/mol. The normalized spacial score (nSPS) is 14.3.